The van der Waals surface area contributed by atoms with E-state index in [1.54, 1.807) is 49.9 Å². The Bertz CT molecular complexity index is 947. The van der Waals surface area contributed by atoms with Crippen molar-refractivity contribution in [1.29, 1.82) is 0 Å². The molecule has 0 aromatic heterocycles. The first-order chi connectivity index (χ1) is 15.0. The number of thioether (sulfide) groups is 2. The largest absolute Gasteiger partial charge is 0.497 e. The molecule has 1 aliphatic rings. The molecule has 4 nitrogen and oxygen atoms in total. The molecule has 1 saturated heterocycles. The predicted octanol–water partition coefficient (Wildman–Crippen LogP) is 5.65. The summed E-state index contributed by atoms with van der Waals surface area (Å²) in [5.41, 5.74) is 1.95. The summed E-state index contributed by atoms with van der Waals surface area (Å²) in [6.45, 7) is 2.09. The molecule has 3 rings (SSSR count). The van der Waals surface area contributed by atoms with Crippen molar-refractivity contribution in [1.82, 2.24) is 0 Å². The first-order valence-electron chi connectivity index (χ1n) is 9.77. The Morgan fingerprint density at radius 3 is 1.65 bits per heavy atom. The summed E-state index contributed by atoms with van der Waals surface area (Å²) in [5.74, 6) is 1.80. The Morgan fingerprint density at radius 1 is 0.839 bits per heavy atom. The molecule has 1 aliphatic heterocycles. The molecule has 1 atom stereocenters. The Balaban J connectivity index is 1.81. The van der Waals surface area contributed by atoms with Crippen molar-refractivity contribution in [2.75, 3.05) is 20.0 Å². The summed E-state index contributed by atoms with van der Waals surface area (Å²) < 4.78 is 11.1. The van der Waals surface area contributed by atoms with E-state index in [9.17, 15) is 9.59 Å². The van der Waals surface area contributed by atoms with Crippen LogP contribution in [0, 0.1) is 0 Å². The van der Waals surface area contributed by atoms with Gasteiger partial charge in [-0.15, -0.1) is 23.5 Å². The topological polar surface area (TPSA) is 52.6 Å². The third-order valence-electron chi connectivity index (χ3n) is 4.54. The molecule has 160 valence electrons. The maximum absolute atomic E-state index is 13.0. The fourth-order valence-corrected chi connectivity index (χ4v) is 5.70. The first-order valence-corrected chi connectivity index (χ1v) is 11.6. The zero-order valence-electron chi connectivity index (χ0n) is 17.7. The zero-order valence-corrected chi connectivity index (χ0v) is 19.3. The fraction of sp³-hybridized carbons (Fsp3) is 0.200. The van der Waals surface area contributed by atoms with Gasteiger partial charge in [0.1, 0.15) is 11.5 Å². The number of hydrogen-bond donors (Lipinski definition) is 0. The van der Waals surface area contributed by atoms with Gasteiger partial charge in [0.25, 0.3) is 0 Å². The van der Waals surface area contributed by atoms with E-state index in [0.717, 1.165) is 32.6 Å². The normalized spacial score (nSPS) is 16.1. The van der Waals surface area contributed by atoms with Crippen molar-refractivity contribution >= 4 is 47.2 Å². The summed E-state index contributed by atoms with van der Waals surface area (Å²) >= 11 is 3.15. The third kappa shape index (κ3) is 6.39. The maximum atomic E-state index is 13.0. The Kier molecular flexibility index (Phi) is 8.20. The lowest BCUT2D eigenvalue weighted by molar-refractivity contribution is -0.116. The molecule has 0 amide bonds. The van der Waals surface area contributed by atoms with Gasteiger partial charge in [0, 0.05) is 11.0 Å². The van der Waals surface area contributed by atoms with Crippen LogP contribution >= 0.6 is 23.5 Å². The SMILES string of the molecule is COc1ccc(/C=C/C(=O)C(C(=O)/C=C/c2ccc(OC)cc2)=C2SCC(C)S2)cc1. The minimum absolute atomic E-state index is 0.230. The van der Waals surface area contributed by atoms with E-state index in [4.69, 9.17) is 9.47 Å². The standard InChI is InChI=1S/C25H24O4S2/c1-17-16-30-25(31-17)24(22(26)14-8-18-4-10-20(28-2)11-5-18)23(27)15-9-19-6-12-21(29-3)13-7-19/h4-15,17H,16H2,1-3H3/b14-8+,15-9+. The van der Waals surface area contributed by atoms with Crippen LogP contribution in [0.15, 0.2) is 70.5 Å². The first kappa shape index (κ1) is 23.0. The molecule has 2 aromatic rings. The van der Waals surface area contributed by atoms with E-state index in [1.807, 2.05) is 48.5 Å². The van der Waals surface area contributed by atoms with E-state index in [0.29, 0.717) is 5.25 Å². The van der Waals surface area contributed by atoms with E-state index in [1.165, 1.54) is 12.2 Å². The lowest BCUT2D eigenvalue weighted by Gasteiger charge is -2.05. The quantitative estimate of drug-likeness (QED) is 0.293. The number of allylic oxidation sites excluding steroid dienone is 3. The summed E-state index contributed by atoms with van der Waals surface area (Å²) in [6, 6.07) is 14.8. The highest BCUT2D eigenvalue weighted by Crippen LogP contribution is 2.44. The molecular weight excluding hydrogens is 428 g/mol. The molecule has 1 fully saturated rings. The van der Waals surface area contributed by atoms with Gasteiger partial charge in [0.2, 0.25) is 0 Å². The van der Waals surface area contributed by atoms with Crippen LogP contribution in [0.25, 0.3) is 12.2 Å². The number of carbonyl (C=O) groups excluding carboxylic acids is 2. The van der Waals surface area contributed by atoms with Gasteiger partial charge in [-0.1, -0.05) is 43.3 Å². The fourth-order valence-electron chi connectivity index (χ4n) is 2.84. The molecular formula is C25H24O4S2. The molecule has 0 spiro atoms. The number of rotatable bonds is 8. The van der Waals surface area contributed by atoms with Gasteiger partial charge in [-0.25, -0.2) is 0 Å². The molecule has 0 saturated carbocycles. The second-order valence-electron chi connectivity index (χ2n) is 6.84. The van der Waals surface area contributed by atoms with Crippen molar-refractivity contribution in [3.05, 3.63) is 81.6 Å². The van der Waals surface area contributed by atoms with Gasteiger partial charge in [0.15, 0.2) is 11.6 Å². The second-order valence-corrected chi connectivity index (χ2v) is 9.58. The summed E-state index contributed by atoms with van der Waals surface area (Å²) in [6.07, 6.45) is 6.37. The van der Waals surface area contributed by atoms with E-state index < -0.39 is 0 Å². The van der Waals surface area contributed by atoms with E-state index >= 15 is 0 Å². The van der Waals surface area contributed by atoms with E-state index in [-0.39, 0.29) is 17.1 Å². The minimum atomic E-state index is -0.288. The van der Waals surface area contributed by atoms with Gasteiger partial charge in [-0.2, -0.15) is 0 Å². The van der Waals surface area contributed by atoms with Gasteiger partial charge in [-0.05, 0) is 47.5 Å². The van der Waals surface area contributed by atoms with Crippen molar-refractivity contribution in [2.24, 2.45) is 0 Å². The molecule has 0 bridgehead atoms. The maximum Gasteiger partial charge on any atom is 0.191 e. The highest BCUT2D eigenvalue weighted by molar-refractivity contribution is 8.25. The Labute approximate surface area is 191 Å². The number of methoxy groups -OCH3 is 2. The number of ether oxygens (including phenoxy) is 2. The summed E-state index contributed by atoms with van der Waals surface area (Å²) in [4.78, 5) is 26.0. The molecule has 6 heteroatoms. The lowest BCUT2D eigenvalue weighted by atomic mass is 10.1. The van der Waals surface area contributed by atoms with Crippen LogP contribution in [0.1, 0.15) is 18.1 Å². The Hall–Kier alpha value is -2.70. The van der Waals surface area contributed by atoms with E-state index in [2.05, 4.69) is 6.92 Å². The van der Waals surface area contributed by atoms with Crippen LogP contribution in [-0.2, 0) is 9.59 Å². The smallest absolute Gasteiger partial charge is 0.191 e. The van der Waals surface area contributed by atoms with Crippen molar-refractivity contribution in [2.45, 2.75) is 12.2 Å². The number of carbonyl (C=O) groups is 2. The average molecular weight is 453 g/mol. The molecule has 0 aliphatic carbocycles. The molecule has 31 heavy (non-hydrogen) atoms. The monoisotopic (exact) mass is 452 g/mol. The number of hydrogen-bond acceptors (Lipinski definition) is 6. The minimum Gasteiger partial charge on any atom is -0.497 e. The summed E-state index contributed by atoms with van der Waals surface area (Å²) in [5, 5.41) is 0.367. The van der Waals surface area contributed by atoms with Crippen LogP contribution in [0.2, 0.25) is 0 Å². The van der Waals surface area contributed by atoms with Crippen LogP contribution in [0.5, 0.6) is 11.5 Å². The van der Waals surface area contributed by atoms with Crippen molar-refractivity contribution in [3.63, 3.8) is 0 Å². The third-order valence-corrected chi connectivity index (χ3v) is 7.51. The highest BCUT2D eigenvalue weighted by atomic mass is 32.2. The van der Waals surface area contributed by atoms with Gasteiger partial charge < -0.3 is 9.47 Å². The van der Waals surface area contributed by atoms with Gasteiger partial charge in [-0.3, -0.25) is 9.59 Å². The zero-order chi connectivity index (χ0) is 22.2. The average Bonchev–Trinajstić information content (AvgIpc) is 3.22. The van der Waals surface area contributed by atoms with Crippen molar-refractivity contribution in [3.8, 4) is 11.5 Å². The Morgan fingerprint density at radius 2 is 1.29 bits per heavy atom. The summed E-state index contributed by atoms with van der Waals surface area (Å²) in [7, 11) is 3.21. The number of benzene rings is 2. The van der Waals surface area contributed by atoms with Crippen LogP contribution in [0.4, 0.5) is 0 Å². The molecule has 1 heterocycles. The molecule has 0 N–H and O–H groups in total. The second kappa shape index (κ2) is 11.1. The molecule has 0 radical (unpaired) electrons. The van der Waals surface area contributed by atoms with Crippen molar-refractivity contribution < 1.29 is 19.1 Å². The van der Waals surface area contributed by atoms with Gasteiger partial charge in [0.05, 0.1) is 24.0 Å². The van der Waals surface area contributed by atoms with Crippen LogP contribution < -0.4 is 9.47 Å². The number of ketones is 2. The van der Waals surface area contributed by atoms with Crippen LogP contribution in [-0.4, -0.2) is 36.8 Å². The predicted molar refractivity (Wildman–Crippen MR) is 131 cm³/mol. The van der Waals surface area contributed by atoms with Crippen LogP contribution in [0.3, 0.4) is 0 Å². The highest BCUT2D eigenvalue weighted by Gasteiger charge is 2.26. The molecule has 1 unspecified atom stereocenters. The molecule has 2 aromatic carbocycles. The lowest BCUT2D eigenvalue weighted by Crippen LogP contribution is -2.10. The van der Waals surface area contributed by atoms with Gasteiger partial charge >= 0.3 is 0 Å².